The maximum absolute atomic E-state index is 5.46. The quantitative estimate of drug-likeness (QED) is 0.108. The molecule has 0 fully saturated rings. The Hall–Kier alpha value is -14.1. The molecule has 0 aliphatic heterocycles. The molecular weight excluding hydrogens is 1360 g/mol. The standard InChI is InChI=1S/C104H78N8/c1-63-32-42-83(67(5)52-63)79-38-48-93-89(57-79)90-58-80(84-43-33-64(2)53-68(84)6)39-49-94(90)111(93)97-61-77(36-46-87(97)103-107-99(71-22-13-9-14-23-71)105-100(108-103)72-24-15-10-16-25-72)75-30-21-31-76(56-75)78-37-47-88(104-109-101(73-26-17-11-18-27-73)106-102(110-104)74-28-19-12-20-29-74)98(62-78)112-95-50-40-81(85-44-34-65(3)54-69(85)7)59-91(95)92-60-82(41-51-96(92)112)86-45-35-66(4)55-70(86)8/h9-62H,1-8H3. The van der Waals surface area contributed by atoms with E-state index in [-0.39, 0.29) is 0 Å². The maximum atomic E-state index is 5.46. The molecule has 4 heterocycles. The fraction of sp³-hybridized carbons (Fsp3) is 0.0769. The fourth-order valence-electron chi connectivity index (χ4n) is 16.7. The average Bonchev–Trinajstić information content (AvgIpc) is 1.57. The summed E-state index contributed by atoms with van der Waals surface area (Å²) in [6.07, 6.45) is 0. The van der Waals surface area contributed by atoms with Crippen molar-refractivity contribution >= 4 is 43.6 Å². The second-order valence-corrected chi connectivity index (χ2v) is 30.0. The fourth-order valence-corrected chi connectivity index (χ4v) is 16.7. The topological polar surface area (TPSA) is 87.2 Å². The maximum Gasteiger partial charge on any atom is 0.166 e. The molecule has 534 valence electrons. The van der Waals surface area contributed by atoms with Crippen molar-refractivity contribution in [2.75, 3.05) is 0 Å². The van der Waals surface area contributed by atoms with Gasteiger partial charge in [-0.05, 0) is 223 Å². The third-order valence-corrected chi connectivity index (χ3v) is 22.2. The number of fused-ring (bicyclic) bond motifs is 6. The molecule has 4 aromatic heterocycles. The highest BCUT2D eigenvalue weighted by Gasteiger charge is 2.26. The molecule has 8 nitrogen and oxygen atoms in total. The highest BCUT2D eigenvalue weighted by atomic mass is 15.1. The highest BCUT2D eigenvalue weighted by molar-refractivity contribution is 6.14. The molecule has 0 amide bonds. The van der Waals surface area contributed by atoms with Crippen molar-refractivity contribution in [3.05, 3.63) is 372 Å². The van der Waals surface area contributed by atoms with E-state index in [1.165, 1.54) is 66.8 Å². The van der Waals surface area contributed by atoms with Crippen LogP contribution < -0.4 is 0 Å². The smallest absolute Gasteiger partial charge is 0.166 e. The number of nitrogens with zero attached hydrogens (tertiary/aromatic N) is 8. The van der Waals surface area contributed by atoms with Gasteiger partial charge in [0.1, 0.15) is 0 Å². The summed E-state index contributed by atoms with van der Waals surface area (Å²) in [5.74, 6) is 3.47. The molecule has 8 heteroatoms. The number of benzene rings is 15. The Morgan fingerprint density at radius 2 is 0.402 bits per heavy atom. The zero-order chi connectivity index (χ0) is 75.8. The summed E-state index contributed by atoms with van der Waals surface area (Å²) in [5.41, 5.74) is 34.8. The molecule has 0 aliphatic carbocycles. The Balaban J connectivity index is 0.845. The Morgan fingerprint density at radius 3 is 0.670 bits per heavy atom. The van der Waals surface area contributed by atoms with Gasteiger partial charge in [-0.2, -0.15) is 0 Å². The van der Waals surface area contributed by atoms with Crippen molar-refractivity contribution in [1.29, 1.82) is 0 Å². The summed E-state index contributed by atoms with van der Waals surface area (Å²) in [7, 11) is 0. The molecular formula is C104H78N8. The monoisotopic (exact) mass is 1440 g/mol. The molecule has 0 aliphatic rings. The van der Waals surface area contributed by atoms with Gasteiger partial charge in [0.2, 0.25) is 0 Å². The predicted octanol–water partition coefficient (Wildman–Crippen LogP) is 26.7. The largest absolute Gasteiger partial charge is 0.308 e. The molecule has 0 radical (unpaired) electrons. The van der Waals surface area contributed by atoms with Gasteiger partial charge < -0.3 is 9.13 Å². The van der Waals surface area contributed by atoms with E-state index in [2.05, 4.69) is 319 Å². The van der Waals surface area contributed by atoms with Crippen molar-refractivity contribution in [2.45, 2.75) is 55.4 Å². The molecule has 0 bridgehead atoms. The van der Waals surface area contributed by atoms with Gasteiger partial charge in [0.25, 0.3) is 0 Å². The second-order valence-electron chi connectivity index (χ2n) is 30.0. The number of aromatic nitrogens is 8. The second kappa shape index (κ2) is 28.2. The van der Waals surface area contributed by atoms with Gasteiger partial charge in [-0.25, -0.2) is 29.9 Å². The average molecular weight is 1440 g/mol. The lowest BCUT2D eigenvalue weighted by Crippen LogP contribution is -2.04. The summed E-state index contributed by atoms with van der Waals surface area (Å²) in [4.78, 5) is 32.3. The van der Waals surface area contributed by atoms with Crippen LogP contribution in [0.15, 0.2) is 328 Å². The number of hydrogen-bond acceptors (Lipinski definition) is 6. The molecule has 15 aromatic carbocycles. The normalized spacial score (nSPS) is 11.6. The summed E-state index contributed by atoms with van der Waals surface area (Å²) in [5, 5.41) is 4.55. The Bertz CT molecular complexity index is 6210. The minimum absolute atomic E-state index is 0.558. The lowest BCUT2D eigenvalue weighted by molar-refractivity contribution is 1.06. The molecule has 0 saturated carbocycles. The first-order chi connectivity index (χ1) is 54.7. The van der Waals surface area contributed by atoms with E-state index in [0.717, 1.165) is 133 Å². The van der Waals surface area contributed by atoms with Crippen LogP contribution in [0.1, 0.15) is 44.5 Å². The Labute approximate surface area is 652 Å². The van der Waals surface area contributed by atoms with Crippen LogP contribution in [0.2, 0.25) is 0 Å². The van der Waals surface area contributed by atoms with Crippen molar-refractivity contribution < 1.29 is 0 Å². The number of rotatable bonds is 14. The van der Waals surface area contributed by atoms with Crippen LogP contribution in [0, 0.1) is 55.4 Å². The van der Waals surface area contributed by atoms with Crippen LogP contribution in [-0.4, -0.2) is 39.0 Å². The third-order valence-electron chi connectivity index (χ3n) is 22.2. The minimum Gasteiger partial charge on any atom is -0.308 e. The van der Waals surface area contributed by atoms with Gasteiger partial charge in [0.05, 0.1) is 33.4 Å². The van der Waals surface area contributed by atoms with Crippen LogP contribution in [0.25, 0.3) is 190 Å². The van der Waals surface area contributed by atoms with E-state index in [9.17, 15) is 0 Å². The van der Waals surface area contributed by atoms with Gasteiger partial charge in [-0.3, -0.25) is 0 Å². The van der Waals surface area contributed by atoms with E-state index < -0.39 is 0 Å². The van der Waals surface area contributed by atoms with Gasteiger partial charge in [0.15, 0.2) is 34.9 Å². The number of aryl methyl sites for hydroxylation is 8. The zero-order valence-electron chi connectivity index (χ0n) is 63.8. The third kappa shape index (κ3) is 12.6. The van der Waals surface area contributed by atoms with Gasteiger partial charge in [-0.15, -0.1) is 0 Å². The first-order valence-electron chi connectivity index (χ1n) is 38.4. The van der Waals surface area contributed by atoms with Crippen molar-refractivity contribution in [3.63, 3.8) is 0 Å². The van der Waals surface area contributed by atoms with Crippen LogP contribution >= 0.6 is 0 Å². The first-order valence-corrected chi connectivity index (χ1v) is 38.4. The van der Waals surface area contributed by atoms with Gasteiger partial charge in [0, 0.05) is 54.9 Å². The van der Waals surface area contributed by atoms with Gasteiger partial charge in [-0.1, -0.05) is 271 Å². The minimum atomic E-state index is 0.558. The van der Waals surface area contributed by atoms with E-state index >= 15 is 0 Å². The van der Waals surface area contributed by atoms with E-state index in [0.29, 0.717) is 34.9 Å². The molecule has 0 N–H and O–H groups in total. The highest BCUT2D eigenvalue weighted by Crippen LogP contribution is 2.46. The van der Waals surface area contributed by atoms with Crippen molar-refractivity contribution in [1.82, 2.24) is 39.0 Å². The van der Waals surface area contributed by atoms with Crippen molar-refractivity contribution in [2.24, 2.45) is 0 Å². The molecule has 0 atom stereocenters. The van der Waals surface area contributed by atoms with Crippen LogP contribution in [0.3, 0.4) is 0 Å². The van der Waals surface area contributed by atoms with E-state index in [1.807, 2.05) is 72.8 Å². The molecule has 19 rings (SSSR count). The zero-order valence-corrected chi connectivity index (χ0v) is 63.8. The number of hydrogen-bond donors (Lipinski definition) is 0. The van der Waals surface area contributed by atoms with Gasteiger partial charge >= 0.3 is 0 Å². The summed E-state index contributed by atoms with van der Waals surface area (Å²) in [6.45, 7) is 17.5. The van der Waals surface area contributed by atoms with E-state index in [4.69, 9.17) is 29.9 Å². The Kier molecular flexibility index (Phi) is 17.2. The molecule has 19 aromatic rings. The summed E-state index contributed by atoms with van der Waals surface area (Å²) < 4.78 is 4.89. The summed E-state index contributed by atoms with van der Waals surface area (Å²) in [6, 6.07) is 119. The van der Waals surface area contributed by atoms with Crippen molar-refractivity contribution in [3.8, 4) is 146 Å². The molecule has 112 heavy (non-hydrogen) atoms. The van der Waals surface area contributed by atoms with Crippen LogP contribution in [0.4, 0.5) is 0 Å². The van der Waals surface area contributed by atoms with Crippen LogP contribution in [-0.2, 0) is 0 Å². The van der Waals surface area contributed by atoms with E-state index in [1.54, 1.807) is 0 Å². The molecule has 0 spiro atoms. The summed E-state index contributed by atoms with van der Waals surface area (Å²) >= 11 is 0. The predicted molar refractivity (Wildman–Crippen MR) is 465 cm³/mol. The lowest BCUT2D eigenvalue weighted by Gasteiger charge is -2.18. The first kappa shape index (κ1) is 68.5. The molecule has 0 unspecified atom stereocenters. The van der Waals surface area contributed by atoms with Crippen LogP contribution in [0.5, 0.6) is 0 Å². The lowest BCUT2D eigenvalue weighted by atomic mass is 9.95. The molecule has 0 saturated heterocycles. The SMILES string of the molecule is Cc1ccc(-c2ccc3c(c2)c2cc(-c4ccc(C)cc4C)ccc2n3-c2cc(-c3cccc(-c4ccc(-c5nc(-c6ccccc6)nc(-c6ccccc6)n5)c(-n5c6ccc(-c7ccc(C)cc7C)cc6c6cc(-c7ccc(C)cc7C)ccc65)c4)c3)ccc2-c2nc(-c3ccccc3)nc(-c3ccccc3)n2)c(C)c1. The Morgan fingerprint density at radius 1 is 0.170 bits per heavy atom.